The van der Waals surface area contributed by atoms with Crippen molar-refractivity contribution in [1.82, 2.24) is 15.1 Å². The molecule has 2 N–H and O–H groups in total. The summed E-state index contributed by atoms with van der Waals surface area (Å²) in [7, 11) is 3.23. The van der Waals surface area contributed by atoms with Crippen LogP contribution in [0.3, 0.4) is 0 Å². The van der Waals surface area contributed by atoms with Gasteiger partial charge in [-0.15, -0.1) is 23.7 Å². The highest BCUT2D eigenvalue weighted by molar-refractivity contribution is 7.18. The molecule has 1 aliphatic rings. The summed E-state index contributed by atoms with van der Waals surface area (Å²) in [6.45, 7) is 1.93. The predicted octanol–water partition coefficient (Wildman–Crippen LogP) is 3.95. The van der Waals surface area contributed by atoms with Crippen molar-refractivity contribution >= 4 is 23.7 Å². The number of thiazole rings is 1. The van der Waals surface area contributed by atoms with Gasteiger partial charge in [0.2, 0.25) is 0 Å². The maximum atomic E-state index is 6.29. The van der Waals surface area contributed by atoms with Gasteiger partial charge in [0.25, 0.3) is 5.89 Å². The van der Waals surface area contributed by atoms with Crippen LogP contribution in [0.5, 0.6) is 11.5 Å². The standard InChI is InChI=1S/C18H20N4O3S.ClH/c1-10-14(15-21-17(22-25-15)18(19)7-4-8-18)26-16(20-10)11-5-6-12(23-2)13(9-11)24-3;/h5-6,9H,4,7-8,19H2,1-3H3;1H. The third-order valence-electron chi connectivity index (χ3n) is 4.74. The molecule has 2 heterocycles. The third kappa shape index (κ3) is 3.40. The predicted molar refractivity (Wildman–Crippen MR) is 106 cm³/mol. The van der Waals surface area contributed by atoms with Crippen LogP contribution in [0, 0.1) is 6.92 Å². The number of nitrogens with two attached hydrogens (primary N) is 1. The second-order valence-electron chi connectivity index (χ2n) is 6.44. The van der Waals surface area contributed by atoms with Gasteiger partial charge in [-0.25, -0.2) is 4.98 Å². The van der Waals surface area contributed by atoms with Crippen molar-refractivity contribution < 1.29 is 14.0 Å². The zero-order valence-corrected chi connectivity index (χ0v) is 16.9. The van der Waals surface area contributed by atoms with Crippen LogP contribution in [0.25, 0.3) is 21.3 Å². The number of halogens is 1. The van der Waals surface area contributed by atoms with Crippen molar-refractivity contribution in [2.24, 2.45) is 5.73 Å². The molecule has 0 saturated heterocycles. The Kier molecular flexibility index (Phi) is 5.41. The molecule has 0 spiro atoms. The quantitative estimate of drug-likeness (QED) is 0.682. The van der Waals surface area contributed by atoms with Crippen LogP contribution in [0.15, 0.2) is 22.7 Å². The molecule has 1 saturated carbocycles. The van der Waals surface area contributed by atoms with E-state index in [0.717, 1.165) is 40.4 Å². The Balaban J connectivity index is 0.00000210. The summed E-state index contributed by atoms with van der Waals surface area (Å²) in [5.74, 6) is 2.40. The molecular weight excluding hydrogens is 388 g/mol. The number of aromatic nitrogens is 3. The smallest absolute Gasteiger partial charge is 0.270 e. The van der Waals surface area contributed by atoms with Gasteiger partial charge in [0.05, 0.1) is 25.5 Å². The largest absolute Gasteiger partial charge is 0.493 e. The Morgan fingerprint density at radius 2 is 1.89 bits per heavy atom. The number of ether oxygens (including phenoxy) is 2. The first kappa shape index (κ1) is 19.6. The van der Waals surface area contributed by atoms with Gasteiger partial charge in [-0.05, 0) is 44.4 Å². The van der Waals surface area contributed by atoms with Crippen LogP contribution in [0.2, 0.25) is 0 Å². The van der Waals surface area contributed by atoms with E-state index in [0.29, 0.717) is 23.2 Å². The molecular formula is C18H21ClN4O3S. The minimum absolute atomic E-state index is 0. The van der Waals surface area contributed by atoms with Gasteiger partial charge in [0.15, 0.2) is 17.3 Å². The van der Waals surface area contributed by atoms with Crippen molar-refractivity contribution in [3.8, 4) is 32.8 Å². The van der Waals surface area contributed by atoms with Gasteiger partial charge in [0.1, 0.15) is 9.88 Å². The fourth-order valence-corrected chi connectivity index (χ4v) is 3.97. The first-order valence-corrected chi connectivity index (χ1v) is 9.19. The highest BCUT2D eigenvalue weighted by Gasteiger charge is 2.39. The Morgan fingerprint density at radius 1 is 1.15 bits per heavy atom. The zero-order valence-electron chi connectivity index (χ0n) is 15.3. The first-order chi connectivity index (χ1) is 12.5. The Morgan fingerprint density at radius 3 is 2.52 bits per heavy atom. The summed E-state index contributed by atoms with van der Waals surface area (Å²) in [5, 5.41) is 4.94. The molecule has 0 radical (unpaired) electrons. The molecule has 0 amide bonds. The zero-order chi connectivity index (χ0) is 18.3. The minimum atomic E-state index is -0.438. The fraction of sp³-hybridized carbons (Fsp3) is 0.389. The van der Waals surface area contributed by atoms with E-state index in [2.05, 4.69) is 15.1 Å². The van der Waals surface area contributed by atoms with Crippen molar-refractivity contribution in [1.29, 1.82) is 0 Å². The normalized spacial score (nSPS) is 15.0. The van der Waals surface area contributed by atoms with Crippen LogP contribution in [0.4, 0.5) is 0 Å². The van der Waals surface area contributed by atoms with E-state index in [9.17, 15) is 0 Å². The van der Waals surface area contributed by atoms with Crippen LogP contribution >= 0.6 is 23.7 Å². The Labute approximate surface area is 167 Å². The minimum Gasteiger partial charge on any atom is -0.493 e. The number of methoxy groups -OCH3 is 2. The van der Waals surface area contributed by atoms with Gasteiger partial charge in [-0.1, -0.05) is 5.16 Å². The topological polar surface area (TPSA) is 96.3 Å². The van der Waals surface area contributed by atoms with Crippen LogP contribution in [-0.2, 0) is 5.54 Å². The second kappa shape index (κ2) is 7.46. The number of nitrogens with zero attached hydrogens (tertiary/aromatic N) is 3. The SMILES string of the molecule is COc1ccc(-c2nc(C)c(-c3nc(C4(N)CCC4)no3)s2)cc1OC.Cl. The molecule has 4 rings (SSSR count). The number of hydrogen-bond donors (Lipinski definition) is 1. The highest BCUT2D eigenvalue weighted by atomic mass is 35.5. The van der Waals surface area contributed by atoms with Crippen molar-refractivity contribution in [3.05, 3.63) is 29.7 Å². The molecule has 0 bridgehead atoms. The lowest BCUT2D eigenvalue weighted by atomic mass is 9.77. The van der Waals surface area contributed by atoms with E-state index < -0.39 is 5.54 Å². The average Bonchev–Trinajstić information content (AvgIpc) is 3.26. The van der Waals surface area contributed by atoms with Gasteiger partial charge in [-0.3, -0.25) is 0 Å². The van der Waals surface area contributed by atoms with E-state index >= 15 is 0 Å². The lowest BCUT2D eigenvalue weighted by Crippen LogP contribution is -2.44. The van der Waals surface area contributed by atoms with Gasteiger partial charge >= 0.3 is 0 Å². The summed E-state index contributed by atoms with van der Waals surface area (Å²) >= 11 is 1.50. The maximum Gasteiger partial charge on any atom is 0.270 e. The van der Waals surface area contributed by atoms with Crippen LogP contribution in [0.1, 0.15) is 30.8 Å². The number of rotatable bonds is 5. The monoisotopic (exact) mass is 408 g/mol. The molecule has 1 fully saturated rings. The molecule has 0 unspecified atom stereocenters. The molecule has 7 nitrogen and oxygen atoms in total. The summed E-state index contributed by atoms with van der Waals surface area (Å²) in [5.41, 5.74) is 7.63. The van der Waals surface area contributed by atoms with Gasteiger partial charge in [0, 0.05) is 5.56 Å². The van der Waals surface area contributed by atoms with E-state index in [-0.39, 0.29) is 12.4 Å². The molecule has 9 heteroatoms. The molecule has 144 valence electrons. The lowest BCUT2D eigenvalue weighted by Gasteiger charge is -2.34. The molecule has 0 atom stereocenters. The molecule has 1 aromatic carbocycles. The van der Waals surface area contributed by atoms with E-state index in [1.54, 1.807) is 14.2 Å². The van der Waals surface area contributed by atoms with E-state index in [4.69, 9.17) is 19.7 Å². The first-order valence-electron chi connectivity index (χ1n) is 8.37. The summed E-state index contributed by atoms with van der Waals surface area (Å²) < 4.78 is 16.1. The van der Waals surface area contributed by atoms with Crippen LogP contribution in [-0.4, -0.2) is 29.3 Å². The molecule has 1 aliphatic carbocycles. The number of aryl methyl sites for hydroxylation is 1. The van der Waals surface area contributed by atoms with Gasteiger partial charge < -0.3 is 19.7 Å². The number of benzene rings is 1. The summed E-state index contributed by atoms with van der Waals surface area (Å²) in [6, 6.07) is 5.72. The number of hydrogen-bond acceptors (Lipinski definition) is 8. The third-order valence-corrected chi connectivity index (χ3v) is 5.93. The lowest BCUT2D eigenvalue weighted by molar-refractivity contribution is 0.229. The molecule has 2 aromatic heterocycles. The second-order valence-corrected chi connectivity index (χ2v) is 7.44. The molecule has 3 aromatic rings. The average molecular weight is 409 g/mol. The van der Waals surface area contributed by atoms with Crippen LogP contribution < -0.4 is 15.2 Å². The Hall–Kier alpha value is -2.16. The summed E-state index contributed by atoms with van der Waals surface area (Å²) in [4.78, 5) is 10.0. The van der Waals surface area contributed by atoms with Crippen molar-refractivity contribution in [2.45, 2.75) is 31.7 Å². The highest BCUT2D eigenvalue weighted by Crippen LogP contribution is 2.40. The maximum absolute atomic E-state index is 6.29. The van der Waals surface area contributed by atoms with Gasteiger partial charge in [-0.2, -0.15) is 4.98 Å². The van der Waals surface area contributed by atoms with E-state index in [1.807, 2.05) is 25.1 Å². The fourth-order valence-electron chi connectivity index (χ4n) is 2.99. The van der Waals surface area contributed by atoms with Crippen molar-refractivity contribution in [2.75, 3.05) is 14.2 Å². The molecule has 27 heavy (non-hydrogen) atoms. The summed E-state index contributed by atoms with van der Waals surface area (Å²) in [6.07, 6.45) is 2.89. The Bertz CT molecular complexity index is 952. The molecule has 0 aliphatic heterocycles. The van der Waals surface area contributed by atoms with E-state index in [1.165, 1.54) is 11.3 Å². The van der Waals surface area contributed by atoms with Crippen molar-refractivity contribution in [3.63, 3.8) is 0 Å².